The molecule has 2 aromatic rings. The zero-order valence-electron chi connectivity index (χ0n) is 9.43. The molecule has 2 heteroatoms. The maximum absolute atomic E-state index is 11.0. The maximum atomic E-state index is 11.0. The lowest BCUT2D eigenvalue weighted by atomic mass is 9.81. The summed E-state index contributed by atoms with van der Waals surface area (Å²) < 4.78 is 0. The van der Waals surface area contributed by atoms with Crippen LogP contribution in [0.5, 0.6) is 0 Å². The molecule has 0 amide bonds. The number of pyridine rings is 1. The lowest BCUT2D eigenvalue weighted by molar-refractivity contribution is 0.0652. The van der Waals surface area contributed by atoms with Crippen molar-refractivity contribution in [3.63, 3.8) is 0 Å². The van der Waals surface area contributed by atoms with E-state index in [1.807, 2.05) is 18.2 Å². The van der Waals surface area contributed by atoms with Gasteiger partial charge >= 0.3 is 0 Å². The molecule has 17 heavy (non-hydrogen) atoms. The van der Waals surface area contributed by atoms with Crippen LogP contribution in [-0.4, -0.2) is 10.1 Å². The lowest BCUT2D eigenvalue weighted by Gasteiger charge is -2.30. The molecule has 2 aliphatic carbocycles. The van der Waals surface area contributed by atoms with Crippen molar-refractivity contribution in [1.29, 1.82) is 0 Å². The SMILES string of the molecule is OC12CC(Cc3cccnc31)c1ccccc12. The Morgan fingerprint density at radius 1 is 1.18 bits per heavy atom. The highest BCUT2D eigenvalue weighted by Crippen LogP contribution is 2.53. The molecule has 1 aromatic heterocycles. The number of benzene rings is 1. The Labute approximate surface area is 100.0 Å². The van der Waals surface area contributed by atoms with Gasteiger partial charge in [0.15, 0.2) is 0 Å². The van der Waals surface area contributed by atoms with Gasteiger partial charge in [-0.25, -0.2) is 0 Å². The summed E-state index contributed by atoms with van der Waals surface area (Å²) in [6, 6.07) is 12.3. The van der Waals surface area contributed by atoms with Gasteiger partial charge in [-0.3, -0.25) is 4.98 Å². The Balaban J connectivity index is 2.05. The zero-order valence-corrected chi connectivity index (χ0v) is 9.43. The molecular formula is C15H13NO. The molecule has 0 fully saturated rings. The molecule has 0 saturated carbocycles. The first-order chi connectivity index (χ1) is 8.29. The van der Waals surface area contributed by atoms with Crippen LogP contribution in [0.2, 0.25) is 0 Å². The molecule has 4 rings (SSSR count). The average molecular weight is 223 g/mol. The third-order valence-electron chi connectivity index (χ3n) is 4.14. The second kappa shape index (κ2) is 2.96. The Morgan fingerprint density at radius 2 is 2.06 bits per heavy atom. The molecule has 0 aliphatic heterocycles. The van der Waals surface area contributed by atoms with E-state index >= 15 is 0 Å². The van der Waals surface area contributed by atoms with Crippen molar-refractivity contribution >= 4 is 0 Å². The molecule has 2 nitrogen and oxygen atoms in total. The monoisotopic (exact) mass is 223 g/mol. The predicted molar refractivity (Wildman–Crippen MR) is 64.7 cm³/mol. The third kappa shape index (κ3) is 1.06. The number of aliphatic hydroxyl groups is 1. The third-order valence-corrected chi connectivity index (χ3v) is 4.14. The summed E-state index contributed by atoms with van der Waals surface area (Å²) in [7, 11) is 0. The molecule has 2 atom stereocenters. The Bertz CT molecular complexity index is 594. The van der Waals surface area contributed by atoms with Crippen molar-refractivity contribution in [2.45, 2.75) is 24.4 Å². The quantitative estimate of drug-likeness (QED) is 0.743. The fraction of sp³-hybridized carbons (Fsp3) is 0.267. The largest absolute Gasteiger partial charge is 0.379 e. The van der Waals surface area contributed by atoms with E-state index in [4.69, 9.17) is 0 Å². The van der Waals surface area contributed by atoms with Gasteiger partial charge < -0.3 is 5.11 Å². The van der Waals surface area contributed by atoms with Crippen molar-refractivity contribution < 1.29 is 5.11 Å². The van der Waals surface area contributed by atoms with Crippen LogP contribution in [0, 0.1) is 0 Å². The van der Waals surface area contributed by atoms with Crippen LogP contribution in [-0.2, 0) is 12.0 Å². The number of fused-ring (bicyclic) bond motifs is 7. The fourth-order valence-corrected chi connectivity index (χ4v) is 3.45. The molecule has 1 heterocycles. The molecule has 0 radical (unpaired) electrons. The molecular weight excluding hydrogens is 210 g/mol. The average Bonchev–Trinajstić information content (AvgIpc) is 2.61. The molecule has 2 unspecified atom stereocenters. The van der Waals surface area contributed by atoms with E-state index in [0.717, 1.165) is 24.1 Å². The number of aromatic nitrogens is 1. The van der Waals surface area contributed by atoms with Gasteiger partial charge in [0.2, 0.25) is 0 Å². The van der Waals surface area contributed by atoms with Crippen LogP contribution in [0.1, 0.15) is 34.7 Å². The summed E-state index contributed by atoms with van der Waals surface area (Å²) >= 11 is 0. The Morgan fingerprint density at radius 3 is 3.00 bits per heavy atom. The van der Waals surface area contributed by atoms with Gasteiger partial charge in [-0.05, 0) is 41.5 Å². The first kappa shape index (κ1) is 9.37. The van der Waals surface area contributed by atoms with Gasteiger partial charge in [-0.1, -0.05) is 30.3 Å². The van der Waals surface area contributed by atoms with Crippen LogP contribution in [0.3, 0.4) is 0 Å². The molecule has 0 spiro atoms. The summed E-state index contributed by atoms with van der Waals surface area (Å²) in [6.07, 6.45) is 3.57. The minimum Gasteiger partial charge on any atom is -0.379 e. The number of hydrogen-bond donors (Lipinski definition) is 1. The van der Waals surface area contributed by atoms with E-state index < -0.39 is 5.60 Å². The molecule has 0 saturated heterocycles. The minimum absolute atomic E-state index is 0.452. The number of rotatable bonds is 0. The summed E-state index contributed by atoms with van der Waals surface area (Å²) in [5.41, 5.74) is 3.56. The predicted octanol–water partition coefficient (Wildman–Crippen LogP) is 2.36. The molecule has 2 bridgehead atoms. The number of hydrogen-bond acceptors (Lipinski definition) is 2. The molecule has 84 valence electrons. The van der Waals surface area contributed by atoms with E-state index in [0.29, 0.717) is 5.92 Å². The van der Waals surface area contributed by atoms with E-state index in [1.165, 1.54) is 11.1 Å². The second-order valence-electron chi connectivity index (χ2n) is 5.06. The Hall–Kier alpha value is -1.67. The van der Waals surface area contributed by atoms with Gasteiger partial charge in [-0.2, -0.15) is 0 Å². The summed E-state index contributed by atoms with van der Waals surface area (Å²) in [5.74, 6) is 0.452. The van der Waals surface area contributed by atoms with Gasteiger partial charge in [-0.15, -0.1) is 0 Å². The van der Waals surface area contributed by atoms with Crippen LogP contribution in [0.4, 0.5) is 0 Å². The van der Waals surface area contributed by atoms with Crippen LogP contribution in [0.25, 0.3) is 0 Å². The lowest BCUT2D eigenvalue weighted by Crippen LogP contribution is -2.30. The van der Waals surface area contributed by atoms with Gasteiger partial charge in [0.05, 0.1) is 5.69 Å². The number of nitrogens with zero attached hydrogens (tertiary/aromatic N) is 1. The first-order valence-electron chi connectivity index (χ1n) is 6.05. The zero-order chi connectivity index (χ0) is 11.5. The maximum Gasteiger partial charge on any atom is 0.133 e. The van der Waals surface area contributed by atoms with Crippen molar-refractivity contribution in [2.75, 3.05) is 0 Å². The molecule has 1 aromatic carbocycles. The highest BCUT2D eigenvalue weighted by Gasteiger charge is 2.48. The van der Waals surface area contributed by atoms with Gasteiger partial charge in [0.1, 0.15) is 5.60 Å². The van der Waals surface area contributed by atoms with Crippen molar-refractivity contribution in [3.8, 4) is 0 Å². The van der Waals surface area contributed by atoms with E-state index in [-0.39, 0.29) is 0 Å². The van der Waals surface area contributed by atoms with Crippen molar-refractivity contribution in [1.82, 2.24) is 4.98 Å². The normalized spacial score (nSPS) is 28.6. The summed E-state index contributed by atoms with van der Waals surface area (Å²) in [5, 5.41) is 11.0. The standard InChI is InChI=1S/C15H13NO/c17-15-9-11(12-5-1-2-6-13(12)15)8-10-4-3-7-16-14(10)15/h1-7,11,17H,8-9H2. The summed E-state index contributed by atoms with van der Waals surface area (Å²) in [6.45, 7) is 0. The van der Waals surface area contributed by atoms with Crippen LogP contribution in [0.15, 0.2) is 42.6 Å². The van der Waals surface area contributed by atoms with Crippen LogP contribution >= 0.6 is 0 Å². The molecule has 1 N–H and O–H groups in total. The highest BCUT2D eigenvalue weighted by molar-refractivity contribution is 5.51. The van der Waals surface area contributed by atoms with E-state index in [1.54, 1.807) is 6.20 Å². The van der Waals surface area contributed by atoms with E-state index in [9.17, 15) is 5.11 Å². The van der Waals surface area contributed by atoms with Gasteiger partial charge in [0, 0.05) is 6.20 Å². The second-order valence-corrected chi connectivity index (χ2v) is 5.06. The highest BCUT2D eigenvalue weighted by atomic mass is 16.3. The van der Waals surface area contributed by atoms with Gasteiger partial charge in [0.25, 0.3) is 0 Å². The first-order valence-corrected chi connectivity index (χ1v) is 6.05. The Kier molecular flexibility index (Phi) is 1.63. The van der Waals surface area contributed by atoms with Crippen LogP contribution < -0.4 is 0 Å². The van der Waals surface area contributed by atoms with E-state index in [2.05, 4.69) is 23.2 Å². The van der Waals surface area contributed by atoms with Crippen molar-refractivity contribution in [3.05, 3.63) is 65.0 Å². The van der Waals surface area contributed by atoms with Crippen molar-refractivity contribution in [2.24, 2.45) is 0 Å². The molecule has 2 aliphatic rings. The minimum atomic E-state index is -0.851. The topological polar surface area (TPSA) is 33.1 Å². The smallest absolute Gasteiger partial charge is 0.133 e. The fourth-order valence-electron chi connectivity index (χ4n) is 3.45. The summed E-state index contributed by atoms with van der Waals surface area (Å²) in [4.78, 5) is 4.42.